The summed E-state index contributed by atoms with van der Waals surface area (Å²) in [5, 5.41) is 0. The van der Waals surface area contributed by atoms with Gasteiger partial charge in [0.1, 0.15) is 5.56 Å². The first-order chi connectivity index (χ1) is 4.81. The summed E-state index contributed by atoms with van der Waals surface area (Å²) in [6.45, 7) is 2.88. The van der Waals surface area contributed by atoms with Crippen LogP contribution in [0.15, 0.2) is 0 Å². The second-order valence-corrected chi connectivity index (χ2v) is 2.94. The molecule has 1 atom stereocenters. The van der Waals surface area contributed by atoms with Crippen molar-refractivity contribution in [1.29, 1.82) is 0 Å². The molecule has 10 heavy (non-hydrogen) atoms. The first-order valence-corrected chi connectivity index (χ1v) is 4.60. The number of rotatable bonds is 6. The van der Waals surface area contributed by atoms with Crippen LogP contribution in [0.5, 0.6) is 0 Å². The van der Waals surface area contributed by atoms with Crippen molar-refractivity contribution in [2.24, 2.45) is 0 Å². The molecule has 0 aromatic heterocycles. The van der Waals surface area contributed by atoms with E-state index in [1.165, 1.54) is 12.8 Å². The Labute approximate surface area is 72.6 Å². The van der Waals surface area contributed by atoms with Crippen LogP contribution < -0.4 is 0 Å². The number of ether oxygens (including phenoxy) is 1. The standard InChI is InChI=1S/C7H14Cl2O/c1-2-3-4-5-10-7(9)6-8/h7H,2-6H2,1H3. The first-order valence-electron chi connectivity index (χ1n) is 3.63. The fourth-order valence-corrected chi connectivity index (χ4v) is 0.786. The molecule has 0 aromatic carbocycles. The van der Waals surface area contributed by atoms with E-state index in [0.717, 1.165) is 13.0 Å². The van der Waals surface area contributed by atoms with E-state index in [2.05, 4.69) is 6.92 Å². The van der Waals surface area contributed by atoms with Crippen LogP contribution in [-0.4, -0.2) is 18.1 Å². The Morgan fingerprint density at radius 2 is 2.10 bits per heavy atom. The maximum Gasteiger partial charge on any atom is 0.144 e. The molecule has 1 nitrogen and oxygen atoms in total. The summed E-state index contributed by atoms with van der Waals surface area (Å²) < 4.78 is 5.13. The van der Waals surface area contributed by atoms with Crippen molar-refractivity contribution in [3.05, 3.63) is 0 Å². The molecule has 0 rings (SSSR count). The van der Waals surface area contributed by atoms with Gasteiger partial charge in [0.05, 0.1) is 5.88 Å². The maximum atomic E-state index is 5.59. The van der Waals surface area contributed by atoms with Gasteiger partial charge in [0, 0.05) is 6.61 Å². The molecule has 0 aromatic rings. The molecule has 0 saturated carbocycles. The van der Waals surface area contributed by atoms with Gasteiger partial charge in [-0.1, -0.05) is 31.4 Å². The lowest BCUT2D eigenvalue weighted by molar-refractivity contribution is 0.117. The van der Waals surface area contributed by atoms with E-state index < -0.39 is 0 Å². The highest BCUT2D eigenvalue weighted by atomic mass is 35.5. The van der Waals surface area contributed by atoms with Gasteiger partial charge in [0.15, 0.2) is 0 Å². The van der Waals surface area contributed by atoms with Gasteiger partial charge in [0.25, 0.3) is 0 Å². The van der Waals surface area contributed by atoms with Crippen molar-refractivity contribution >= 4 is 23.2 Å². The lowest BCUT2D eigenvalue weighted by atomic mass is 10.3. The first kappa shape index (κ1) is 10.5. The fraction of sp³-hybridized carbons (Fsp3) is 1.00. The summed E-state index contributed by atoms with van der Waals surface area (Å²) in [6.07, 6.45) is 3.49. The van der Waals surface area contributed by atoms with Crippen molar-refractivity contribution in [3.63, 3.8) is 0 Å². The highest BCUT2D eigenvalue weighted by molar-refractivity contribution is 6.27. The number of alkyl halides is 2. The second kappa shape index (κ2) is 7.64. The summed E-state index contributed by atoms with van der Waals surface area (Å²) in [5.74, 6) is 0.369. The molecule has 0 bridgehead atoms. The van der Waals surface area contributed by atoms with Gasteiger partial charge in [-0.05, 0) is 6.42 Å². The van der Waals surface area contributed by atoms with Crippen LogP contribution in [0.25, 0.3) is 0 Å². The molecule has 62 valence electrons. The van der Waals surface area contributed by atoms with Crippen LogP contribution in [-0.2, 0) is 4.74 Å². The van der Waals surface area contributed by atoms with Gasteiger partial charge < -0.3 is 4.74 Å². The third kappa shape index (κ3) is 6.66. The number of unbranched alkanes of at least 4 members (excludes halogenated alkanes) is 2. The summed E-state index contributed by atoms with van der Waals surface area (Å²) in [7, 11) is 0. The Morgan fingerprint density at radius 1 is 1.40 bits per heavy atom. The molecule has 0 N–H and O–H groups in total. The molecule has 0 saturated heterocycles. The van der Waals surface area contributed by atoms with Gasteiger partial charge in [-0.3, -0.25) is 0 Å². The van der Waals surface area contributed by atoms with Gasteiger partial charge >= 0.3 is 0 Å². The van der Waals surface area contributed by atoms with Crippen LogP contribution in [0.4, 0.5) is 0 Å². The Kier molecular flexibility index (Phi) is 8.06. The second-order valence-electron chi connectivity index (χ2n) is 2.14. The van der Waals surface area contributed by atoms with E-state index in [1.54, 1.807) is 0 Å². The highest BCUT2D eigenvalue weighted by Crippen LogP contribution is 2.03. The van der Waals surface area contributed by atoms with Gasteiger partial charge in [-0.25, -0.2) is 0 Å². The molecule has 1 unspecified atom stereocenters. The molecule has 0 aliphatic heterocycles. The molecule has 0 fully saturated rings. The van der Waals surface area contributed by atoms with Crippen molar-refractivity contribution in [3.8, 4) is 0 Å². The topological polar surface area (TPSA) is 9.23 Å². The van der Waals surface area contributed by atoms with E-state index in [-0.39, 0.29) is 5.56 Å². The van der Waals surface area contributed by atoms with Crippen molar-refractivity contribution in [2.75, 3.05) is 12.5 Å². The van der Waals surface area contributed by atoms with E-state index in [0.29, 0.717) is 5.88 Å². The van der Waals surface area contributed by atoms with Crippen LogP contribution in [0.3, 0.4) is 0 Å². The van der Waals surface area contributed by atoms with Crippen LogP contribution in [0.1, 0.15) is 26.2 Å². The molecule has 0 spiro atoms. The summed E-state index contributed by atoms with van der Waals surface area (Å²) in [6, 6.07) is 0. The largest absolute Gasteiger partial charge is 0.361 e. The Morgan fingerprint density at radius 3 is 2.60 bits per heavy atom. The minimum atomic E-state index is -0.307. The number of hydrogen-bond donors (Lipinski definition) is 0. The predicted molar refractivity (Wildman–Crippen MR) is 45.8 cm³/mol. The van der Waals surface area contributed by atoms with Crippen LogP contribution in [0, 0.1) is 0 Å². The summed E-state index contributed by atoms with van der Waals surface area (Å²) in [5.41, 5.74) is -0.307. The third-order valence-corrected chi connectivity index (χ3v) is 1.89. The zero-order valence-electron chi connectivity index (χ0n) is 6.28. The van der Waals surface area contributed by atoms with E-state index in [9.17, 15) is 0 Å². The molecule has 0 amide bonds. The lowest BCUT2D eigenvalue weighted by Crippen LogP contribution is -2.07. The molecule has 0 radical (unpaired) electrons. The van der Waals surface area contributed by atoms with E-state index in [1.807, 2.05) is 0 Å². The number of hydrogen-bond acceptors (Lipinski definition) is 1. The zero-order valence-corrected chi connectivity index (χ0v) is 7.79. The van der Waals surface area contributed by atoms with Crippen molar-refractivity contribution in [1.82, 2.24) is 0 Å². The Hall–Kier alpha value is 0.540. The molecular formula is C7H14Cl2O. The third-order valence-electron chi connectivity index (χ3n) is 1.17. The molecular weight excluding hydrogens is 171 g/mol. The average molecular weight is 185 g/mol. The van der Waals surface area contributed by atoms with Gasteiger partial charge in [-0.15, -0.1) is 11.6 Å². The minimum Gasteiger partial charge on any atom is -0.361 e. The van der Waals surface area contributed by atoms with Gasteiger partial charge in [0.2, 0.25) is 0 Å². The number of halogens is 2. The maximum absolute atomic E-state index is 5.59. The van der Waals surface area contributed by atoms with Crippen molar-refractivity contribution < 1.29 is 4.74 Å². The fourth-order valence-electron chi connectivity index (χ4n) is 0.608. The predicted octanol–water partition coefficient (Wildman–Crippen LogP) is 3.00. The lowest BCUT2D eigenvalue weighted by Gasteiger charge is -2.05. The minimum absolute atomic E-state index is 0.307. The molecule has 3 heteroatoms. The van der Waals surface area contributed by atoms with Crippen molar-refractivity contribution in [2.45, 2.75) is 31.7 Å². The summed E-state index contributed by atoms with van der Waals surface area (Å²) in [4.78, 5) is 0. The van der Waals surface area contributed by atoms with Crippen LogP contribution >= 0.6 is 23.2 Å². The Bertz CT molecular complexity index is 68.6. The van der Waals surface area contributed by atoms with Gasteiger partial charge in [-0.2, -0.15) is 0 Å². The average Bonchev–Trinajstić information content (AvgIpc) is 1.98. The van der Waals surface area contributed by atoms with E-state index >= 15 is 0 Å². The molecule has 0 heterocycles. The van der Waals surface area contributed by atoms with E-state index in [4.69, 9.17) is 27.9 Å². The normalized spacial score (nSPS) is 13.5. The Balaban J connectivity index is 2.89. The quantitative estimate of drug-likeness (QED) is 0.456. The summed E-state index contributed by atoms with van der Waals surface area (Å²) >= 11 is 11.0. The zero-order chi connectivity index (χ0) is 7.82. The monoisotopic (exact) mass is 184 g/mol. The SMILES string of the molecule is CCCCCOC(Cl)CCl. The highest BCUT2D eigenvalue weighted by Gasteiger charge is 1.99. The van der Waals surface area contributed by atoms with Crippen LogP contribution in [0.2, 0.25) is 0 Å². The molecule has 0 aliphatic rings. The smallest absolute Gasteiger partial charge is 0.144 e. The molecule has 0 aliphatic carbocycles.